The zero-order valence-corrected chi connectivity index (χ0v) is 15.9. The molecule has 0 aliphatic carbocycles. The van der Waals surface area contributed by atoms with E-state index < -0.39 is 47.6 Å². The van der Waals surface area contributed by atoms with E-state index >= 15 is 0 Å². The highest BCUT2D eigenvalue weighted by atomic mass is 19.2. The van der Waals surface area contributed by atoms with Crippen molar-refractivity contribution in [3.8, 4) is 11.5 Å². The molecule has 0 fully saturated rings. The van der Waals surface area contributed by atoms with Crippen LogP contribution in [0, 0.1) is 23.3 Å². The summed E-state index contributed by atoms with van der Waals surface area (Å²) < 4.78 is 62.2. The van der Waals surface area contributed by atoms with Gasteiger partial charge in [-0.25, -0.2) is 17.6 Å². The maximum atomic E-state index is 13.1. The number of benzene rings is 3. The lowest BCUT2D eigenvalue weighted by Crippen LogP contribution is -2.09. The third-order valence-corrected chi connectivity index (χ3v) is 3.87. The van der Waals surface area contributed by atoms with Gasteiger partial charge in [0.1, 0.15) is 17.8 Å². The van der Waals surface area contributed by atoms with Crippen molar-refractivity contribution in [1.82, 2.24) is 0 Å². The van der Waals surface area contributed by atoms with Crippen LogP contribution in [0.15, 0.2) is 54.6 Å². The van der Waals surface area contributed by atoms with E-state index in [4.69, 9.17) is 9.84 Å². The Kier molecular flexibility index (Phi) is 8.52. The van der Waals surface area contributed by atoms with Gasteiger partial charge in [0, 0.05) is 12.7 Å². The van der Waals surface area contributed by atoms with Crippen molar-refractivity contribution in [2.24, 2.45) is 0 Å². The summed E-state index contributed by atoms with van der Waals surface area (Å²) in [5.41, 5.74) is -1.24. The predicted molar refractivity (Wildman–Crippen MR) is 101 cm³/mol. The number of halogens is 4. The Morgan fingerprint density at radius 2 is 1.40 bits per heavy atom. The molecule has 8 heteroatoms. The first-order chi connectivity index (χ1) is 14.4. The van der Waals surface area contributed by atoms with E-state index in [1.165, 1.54) is 0 Å². The molecule has 0 saturated carbocycles. The SMILES string of the molecule is COCc1c(F)c(F)c(CO)c(F)c1F.O=Cc1cccc(Oc2ccccc2)c1. The fraction of sp³-hybridized carbons (Fsp3) is 0.136. The third-order valence-electron chi connectivity index (χ3n) is 3.87. The number of aliphatic hydroxyl groups excluding tert-OH is 1. The molecular weight excluding hydrogens is 404 g/mol. The van der Waals surface area contributed by atoms with Crippen LogP contribution in [0.5, 0.6) is 11.5 Å². The van der Waals surface area contributed by atoms with Crippen LogP contribution in [0.2, 0.25) is 0 Å². The maximum absolute atomic E-state index is 13.1. The zero-order chi connectivity index (χ0) is 22.1. The number of carbonyl (C=O) groups is 1. The number of aliphatic hydroxyl groups is 1. The molecule has 0 heterocycles. The van der Waals surface area contributed by atoms with E-state index in [0.717, 1.165) is 19.1 Å². The molecule has 158 valence electrons. The Bertz CT molecular complexity index is 965. The molecule has 0 radical (unpaired) electrons. The number of para-hydroxylation sites is 1. The van der Waals surface area contributed by atoms with Gasteiger partial charge in [-0.05, 0) is 24.3 Å². The molecule has 0 unspecified atom stereocenters. The van der Waals surface area contributed by atoms with Crippen LogP contribution in [-0.2, 0) is 18.0 Å². The highest BCUT2D eigenvalue weighted by Gasteiger charge is 2.24. The van der Waals surface area contributed by atoms with Crippen molar-refractivity contribution in [2.75, 3.05) is 7.11 Å². The van der Waals surface area contributed by atoms with Crippen molar-refractivity contribution in [3.63, 3.8) is 0 Å². The minimum absolute atomic E-state index is 0.586. The number of carbonyl (C=O) groups excluding carboxylic acids is 1. The second kappa shape index (κ2) is 11.1. The van der Waals surface area contributed by atoms with Crippen molar-refractivity contribution in [1.29, 1.82) is 0 Å². The topological polar surface area (TPSA) is 55.8 Å². The smallest absolute Gasteiger partial charge is 0.167 e. The van der Waals surface area contributed by atoms with Gasteiger partial charge < -0.3 is 14.6 Å². The summed E-state index contributed by atoms with van der Waals surface area (Å²) >= 11 is 0. The summed E-state index contributed by atoms with van der Waals surface area (Å²) in [5.74, 6) is -4.84. The highest BCUT2D eigenvalue weighted by Crippen LogP contribution is 2.24. The molecule has 1 N–H and O–H groups in total. The molecule has 0 bridgehead atoms. The average molecular weight is 422 g/mol. The highest BCUT2D eigenvalue weighted by molar-refractivity contribution is 5.75. The number of hydrogen-bond donors (Lipinski definition) is 1. The Hall–Kier alpha value is -3.23. The molecule has 3 rings (SSSR count). The summed E-state index contributed by atoms with van der Waals surface area (Å²) in [6.45, 7) is -1.70. The fourth-order valence-corrected chi connectivity index (χ4v) is 2.41. The molecule has 30 heavy (non-hydrogen) atoms. The molecule has 0 aliphatic heterocycles. The molecule has 0 spiro atoms. The normalized spacial score (nSPS) is 10.2. The summed E-state index contributed by atoms with van der Waals surface area (Å²) in [4.78, 5) is 10.6. The average Bonchev–Trinajstić information content (AvgIpc) is 2.77. The maximum Gasteiger partial charge on any atom is 0.167 e. The van der Waals surface area contributed by atoms with Gasteiger partial charge in [-0.3, -0.25) is 4.79 Å². The summed E-state index contributed by atoms with van der Waals surface area (Å²) in [7, 11) is 1.13. The van der Waals surface area contributed by atoms with Crippen molar-refractivity contribution in [2.45, 2.75) is 13.2 Å². The third kappa shape index (κ3) is 5.65. The van der Waals surface area contributed by atoms with E-state index in [2.05, 4.69) is 4.74 Å². The van der Waals surface area contributed by atoms with E-state index in [1.807, 2.05) is 36.4 Å². The Morgan fingerprint density at radius 3 is 1.93 bits per heavy atom. The number of methoxy groups -OCH3 is 1. The zero-order valence-electron chi connectivity index (χ0n) is 15.9. The summed E-state index contributed by atoms with van der Waals surface area (Å²) in [6.07, 6.45) is 0.803. The van der Waals surface area contributed by atoms with Crippen LogP contribution in [0.3, 0.4) is 0 Å². The molecule has 0 aromatic heterocycles. The minimum atomic E-state index is -1.59. The number of rotatable bonds is 6. The van der Waals surface area contributed by atoms with E-state index in [1.54, 1.807) is 18.2 Å². The molecule has 0 aliphatic rings. The van der Waals surface area contributed by atoms with Gasteiger partial charge >= 0.3 is 0 Å². The van der Waals surface area contributed by atoms with E-state index in [9.17, 15) is 22.4 Å². The predicted octanol–water partition coefficient (Wildman–Crippen LogP) is 5.17. The second-order valence-corrected chi connectivity index (χ2v) is 5.91. The van der Waals surface area contributed by atoms with Gasteiger partial charge in [0.15, 0.2) is 23.3 Å². The summed E-state index contributed by atoms with van der Waals surface area (Å²) in [6, 6.07) is 16.5. The Morgan fingerprint density at radius 1 is 0.833 bits per heavy atom. The molecule has 0 saturated heterocycles. The molecule has 3 aromatic rings. The quantitative estimate of drug-likeness (QED) is 0.338. The Balaban J connectivity index is 0.000000214. The van der Waals surface area contributed by atoms with Gasteiger partial charge in [-0.2, -0.15) is 0 Å². The number of aldehydes is 1. The molecule has 4 nitrogen and oxygen atoms in total. The first-order valence-electron chi connectivity index (χ1n) is 8.64. The van der Waals surface area contributed by atoms with Crippen LogP contribution in [-0.4, -0.2) is 18.5 Å². The van der Waals surface area contributed by atoms with Crippen molar-refractivity contribution >= 4 is 6.29 Å². The van der Waals surface area contributed by atoms with Gasteiger partial charge in [0.2, 0.25) is 0 Å². The fourth-order valence-electron chi connectivity index (χ4n) is 2.41. The van der Waals surface area contributed by atoms with Crippen LogP contribution >= 0.6 is 0 Å². The molecule has 0 atom stereocenters. The lowest BCUT2D eigenvalue weighted by molar-refractivity contribution is 0.112. The standard InChI is InChI=1S/C13H10O2.C9H8F4O2/c14-10-11-5-4-8-13(9-11)15-12-6-2-1-3-7-12;1-15-3-5-8(12)6(10)4(2-14)7(11)9(5)13/h1-10H;14H,2-3H2,1H3. The largest absolute Gasteiger partial charge is 0.457 e. The first-order valence-corrected chi connectivity index (χ1v) is 8.64. The van der Waals surface area contributed by atoms with Crippen molar-refractivity contribution < 1.29 is 36.9 Å². The second-order valence-electron chi connectivity index (χ2n) is 5.91. The molecule has 0 amide bonds. The molecule has 3 aromatic carbocycles. The Labute approximate surface area is 170 Å². The number of hydrogen-bond acceptors (Lipinski definition) is 4. The van der Waals surface area contributed by atoms with Gasteiger partial charge in [0.25, 0.3) is 0 Å². The van der Waals surface area contributed by atoms with E-state index in [-0.39, 0.29) is 0 Å². The number of ether oxygens (including phenoxy) is 2. The summed E-state index contributed by atoms with van der Waals surface area (Å²) in [5, 5.41) is 8.52. The van der Waals surface area contributed by atoms with Crippen LogP contribution in [0.4, 0.5) is 17.6 Å². The van der Waals surface area contributed by atoms with Crippen LogP contribution < -0.4 is 4.74 Å². The lowest BCUT2D eigenvalue weighted by atomic mass is 10.1. The first kappa shape index (κ1) is 23.1. The van der Waals surface area contributed by atoms with E-state index in [0.29, 0.717) is 11.3 Å². The monoisotopic (exact) mass is 422 g/mol. The van der Waals surface area contributed by atoms with Gasteiger partial charge in [-0.1, -0.05) is 30.3 Å². The van der Waals surface area contributed by atoms with Crippen LogP contribution in [0.25, 0.3) is 0 Å². The van der Waals surface area contributed by atoms with Gasteiger partial charge in [0.05, 0.1) is 24.3 Å². The minimum Gasteiger partial charge on any atom is -0.457 e. The van der Waals surface area contributed by atoms with Crippen LogP contribution in [0.1, 0.15) is 21.5 Å². The van der Waals surface area contributed by atoms with Gasteiger partial charge in [-0.15, -0.1) is 0 Å². The lowest BCUT2D eigenvalue weighted by Gasteiger charge is -2.09. The molecular formula is C22H18F4O4. The van der Waals surface area contributed by atoms with Crippen molar-refractivity contribution in [3.05, 3.63) is 94.6 Å².